The van der Waals surface area contributed by atoms with Crippen molar-refractivity contribution in [3.8, 4) is 0 Å². The van der Waals surface area contributed by atoms with Crippen molar-refractivity contribution in [3.05, 3.63) is 10.6 Å². The molecule has 1 aliphatic rings. The van der Waals surface area contributed by atoms with E-state index in [4.69, 9.17) is 5.73 Å². The highest BCUT2D eigenvalue weighted by molar-refractivity contribution is 7.15. The van der Waals surface area contributed by atoms with Crippen LogP contribution in [-0.2, 0) is 0 Å². The number of halogens is 3. The number of hydrogen-bond donors (Lipinski definition) is 1. The summed E-state index contributed by atoms with van der Waals surface area (Å²) in [4.78, 5) is 6.47. The van der Waals surface area contributed by atoms with Gasteiger partial charge in [-0.25, -0.2) is 4.98 Å². The smallest absolute Gasteiger partial charge is 0.336 e. The average molecular weight is 279 g/mol. The van der Waals surface area contributed by atoms with Crippen molar-refractivity contribution in [2.24, 2.45) is 5.73 Å². The Labute approximate surface area is 108 Å². The van der Waals surface area contributed by atoms with Gasteiger partial charge in [0.1, 0.15) is 6.54 Å². The molecule has 1 aromatic rings. The number of aryl methyl sites for hydroxylation is 1. The second kappa shape index (κ2) is 4.70. The Morgan fingerprint density at radius 3 is 2.50 bits per heavy atom. The van der Waals surface area contributed by atoms with Crippen molar-refractivity contribution in [2.45, 2.75) is 44.9 Å². The molecule has 0 aromatic carbocycles. The second-order valence-electron chi connectivity index (χ2n) is 4.71. The van der Waals surface area contributed by atoms with Gasteiger partial charge < -0.3 is 10.6 Å². The molecular formula is C11H16F3N3S. The molecule has 0 saturated heterocycles. The lowest BCUT2D eigenvalue weighted by Crippen LogP contribution is -2.35. The highest BCUT2D eigenvalue weighted by atomic mass is 32.1. The van der Waals surface area contributed by atoms with E-state index in [2.05, 4.69) is 4.98 Å². The Balaban J connectivity index is 2.23. The minimum atomic E-state index is -4.20. The minimum absolute atomic E-state index is 0.0156. The van der Waals surface area contributed by atoms with E-state index in [1.807, 2.05) is 6.92 Å². The van der Waals surface area contributed by atoms with Gasteiger partial charge in [0, 0.05) is 17.0 Å². The van der Waals surface area contributed by atoms with E-state index >= 15 is 0 Å². The van der Waals surface area contributed by atoms with Gasteiger partial charge in [-0.15, -0.1) is 11.3 Å². The fourth-order valence-electron chi connectivity index (χ4n) is 1.87. The van der Waals surface area contributed by atoms with Gasteiger partial charge in [0.05, 0.1) is 5.69 Å². The Bertz CT molecular complexity index is 424. The van der Waals surface area contributed by atoms with Crippen molar-refractivity contribution >= 4 is 16.5 Å². The monoisotopic (exact) mass is 279 g/mol. The molecule has 1 unspecified atom stereocenters. The lowest BCUT2D eigenvalue weighted by molar-refractivity contribution is -0.120. The molecular weight excluding hydrogens is 263 g/mol. The average Bonchev–Trinajstić information content (AvgIpc) is 2.96. The molecule has 0 amide bonds. The van der Waals surface area contributed by atoms with Crippen LogP contribution >= 0.6 is 11.3 Å². The zero-order valence-corrected chi connectivity index (χ0v) is 11.1. The van der Waals surface area contributed by atoms with Crippen LogP contribution in [0.3, 0.4) is 0 Å². The normalized spacial score (nSPS) is 17.9. The standard InChI is InChI=1S/C11H16F3N3S/c1-6(15)9-7(2)16-10(18-9)17(8-3-4-8)5-11(12,13)14/h6,8H,3-5,15H2,1-2H3. The molecule has 7 heteroatoms. The minimum Gasteiger partial charge on any atom is -0.336 e. The fourth-order valence-corrected chi connectivity index (χ4v) is 2.96. The molecule has 102 valence electrons. The van der Waals surface area contributed by atoms with Gasteiger partial charge in [-0.3, -0.25) is 0 Å². The maximum Gasteiger partial charge on any atom is 0.406 e. The van der Waals surface area contributed by atoms with E-state index in [0.717, 1.165) is 23.4 Å². The molecule has 0 bridgehead atoms. The lowest BCUT2D eigenvalue weighted by Gasteiger charge is -2.22. The zero-order chi connectivity index (χ0) is 13.5. The molecule has 0 radical (unpaired) electrons. The Morgan fingerprint density at radius 1 is 1.50 bits per heavy atom. The quantitative estimate of drug-likeness (QED) is 0.921. The summed E-state index contributed by atoms with van der Waals surface area (Å²) in [5.74, 6) is 0. The first-order valence-corrected chi connectivity index (χ1v) is 6.66. The summed E-state index contributed by atoms with van der Waals surface area (Å²) in [7, 11) is 0. The van der Waals surface area contributed by atoms with Crippen LogP contribution in [0, 0.1) is 6.92 Å². The Kier molecular flexibility index (Phi) is 3.55. The van der Waals surface area contributed by atoms with Crippen molar-refractivity contribution in [1.82, 2.24) is 4.98 Å². The summed E-state index contributed by atoms with van der Waals surface area (Å²) in [5.41, 5.74) is 6.51. The number of nitrogens with zero attached hydrogens (tertiary/aromatic N) is 2. The van der Waals surface area contributed by atoms with Crippen molar-refractivity contribution in [3.63, 3.8) is 0 Å². The highest BCUT2D eigenvalue weighted by Crippen LogP contribution is 2.38. The van der Waals surface area contributed by atoms with Crippen LogP contribution in [0.25, 0.3) is 0 Å². The number of alkyl halides is 3. The topological polar surface area (TPSA) is 42.2 Å². The van der Waals surface area contributed by atoms with Crippen LogP contribution in [0.4, 0.5) is 18.3 Å². The van der Waals surface area contributed by atoms with Crippen molar-refractivity contribution in [2.75, 3.05) is 11.4 Å². The summed E-state index contributed by atoms with van der Waals surface area (Å²) in [6.07, 6.45) is -2.58. The molecule has 1 heterocycles. The van der Waals surface area contributed by atoms with Crippen LogP contribution in [-0.4, -0.2) is 23.7 Å². The molecule has 1 aliphatic carbocycles. The van der Waals surface area contributed by atoms with E-state index < -0.39 is 12.7 Å². The molecule has 2 N–H and O–H groups in total. The first-order chi connectivity index (χ1) is 8.28. The van der Waals surface area contributed by atoms with Crippen LogP contribution in [0.5, 0.6) is 0 Å². The summed E-state index contributed by atoms with van der Waals surface area (Å²) < 4.78 is 37.7. The lowest BCUT2D eigenvalue weighted by atomic mass is 10.2. The van der Waals surface area contributed by atoms with E-state index in [1.54, 1.807) is 6.92 Å². The van der Waals surface area contributed by atoms with Crippen molar-refractivity contribution < 1.29 is 13.2 Å². The zero-order valence-electron chi connectivity index (χ0n) is 10.3. The third kappa shape index (κ3) is 3.14. The van der Waals surface area contributed by atoms with Gasteiger partial charge in [-0.1, -0.05) is 0 Å². The molecule has 2 rings (SSSR count). The first kappa shape index (κ1) is 13.6. The second-order valence-corrected chi connectivity index (χ2v) is 5.72. The maximum atomic E-state index is 12.6. The predicted octanol–water partition coefficient (Wildman–Crippen LogP) is 3.00. The van der Waals surface area contributed by atoms with Crippen LogP contribution < -0.4 is 10.6 Å². The van der Waals surface area contributed by atoms with E-state index in [1.165, 1.54) is 16.2 Å². The number of nitrogens with two attached hydrogens (primary N) is 1. The first-order valence-electron chi connectivity index (χ1n) is 5.84. The summed E-state index contributed by atoms with van der Waals surface area (Å²) >= 11 is 1.27. The summed E-state index contributed by atoms with van der Waals surface area (Å²) in [5, 5.41) is 0.444. The predicted molar refractivity (Wildman–Crippen MR) is 65.9 cm³/mol. The third-order valence-electron chi connectivity index (χ3n) is 2.82. The number of anilines is 1. The van der Waals surface area contributed by atoms with Gasteiger partial charge in [0.25, 0.3) is 0 Å². The van der Waals surface area contributed by atoms with Gasteiger partial charge >= 0.3 is 6.18 Å². The molecule has 1 atom stereocenters. The fraction of sp³-hybridized carbons (Fsp3) is 0.727. The van der Waals surface area contributed by atoms with E-state index in [-0.39, 0.29) is 12.1 Å². The Morgan fingerprint density at radius 2 is 2.11 bits per heavy atom. The number of aromatic nitrogens is 1. The van der Waals surface area contributed by atoms with Gasteiger partial charge in [-0.05, 0) is 26.7 Å². The maximum absolute atomic E-state index is 12.6. The molecule has 18 heavy (non-hydrogen) atoms. The third-order valence-corrected chi connectivity index (χ3v) is 4.21. The summed E-state index contributed by atoms with van der Waals surface area (Å²) in [6, 6.07) is -0.207. The molecule has 1 saturated carbocycles. The van der Waals surface area contributed by atoms with Crippen LogP contribution in [0.1, 0.15) is 36.4 Å². The molecule has 0 aliphatic heterocycles. The molecule has 0 spiro atoms. The Hall–Kier alpha value is -0.820. The van der Waals surface area contributed by atoms with Crippen LogP contribution in [0.15, 0.2) is 0 Å². The van der Waals surface area contributed by atoms with Crippen LogP contribution in [0.2, 0.25) is 0 Å². The number of thiazole rings is 1. The summed E-state index contributed by atoms with van der Waals surface area (Å²) in [6.45, 7) is 2.68. The molecule has 3 nitrogen and oxygen atoms in total. The van der Waals surface area contributed by atoms with Gasteiger partial charge in [-0.2, -0.15) is 13.2 Å². The number of rotatable bonds is 4. The van der Waals surface area contributed by atoms with E-state index in [9.17, 15) is 13.2 Å². The molecule has 1 aromatic heterocycles. The highest BCUT2D eigenvalue weighted by Gasteiger charge is 2.39. The van der Waals surface area contributed by atoms with Gasteiger partial charge in [0.2, 0.25) is 0 Å². The largest absolute Gasteiger partial charge is 0.406 e. The van der Waals surface area contributed by atoms with Gasteiger partial charge in [0.15, 0.2) is 5.13 Å². The molecule has 1 fully saturated rings. The number of hydrogen-bond acceptors (Lipinski definition) is 4. The SMILES string of the molecule is Cc1nc(N(CC(F)(F)F)C2CC2)sc1C(C)N. The van der Waals surface area contributed by atoms with Crippen molar-refractivity contribution in [1.29, 1.82) is 0 Å². The van der Waals surface area contributed by atoms with E-state index in [0.29, 0.717) is 5.13 Å².